The highest BCUT2D eigenvalue weighted by atomic mass is 17.3. The van der Waals surface area contributed by atoms with Gasteiger partial charge in [-0.1, -0.05) is 0 Å². The van der Waals surface area contributed by atoms with Crippen LogP contribution in [-0.4, -0.2) is 27.1 Å². The Morgan fingerprint density at radius 2 is 1.00 bits per heavy atom. The Kier molecular flexibility index (Phi) is 9.78. The molecule has 0 atom stereocenters. The Bertz CT molecular complexity index is 84.1. The summed E-state index contributed by atoms with van der Waals surface area (Å²) in [4.78, 5) is 27.5. The van der Waals surface area contributed by atoms with Crippen molar-refractivity contribution in [3.63, 3.8) is 0 Å². The SMILES string of the molecule is CCOOB(OOCC)OOCC. The minimum Gasteiger partial charge on any atom is -0.248 e. The molecule has 0 aliphatic heterocycles. The fourth-order valence-corrected chi connectivity index (χ4v) is 0.419. The molecule has 0 aliphatic carbocycles. The molecule has 0 amide bonds. The fourth-order valence-electron chi connectivity index (χ4n) is 0.419. The summed E-state index contributed by atoms with van der Waals surface area (Å²) >= 11 is 0. The molecule has 0 bridgehead atoms. The van der Waals surface area contributed by atoms with Crippen molar-refractivity contribution in [2.75, 3.05) is 19.8 Å². The topological polar surface area (TPSA) is 55.4 Å². The van der Waals surface area contributed by atoms with E-state index in [1.54, 1.807) is 20.8 Å². The third-order valence-electron chi connectivity index (χ3n) is 0.793. The van der Waals surface area contributed by atoms with Crippen LogP contribution in [0.5, 0.6) is 0 Å². The molecule has 0 fully saturated rings. The second-order valence-electron chi connectivity index (χ2n) is 1.80. The second kappa shape index (κ2) is 9.91. The van der Waals surface area contributed by atoms with E-state index >= 15 is 0 Å². The molecular weight excluding hydrogens is 179 g/mol. The summed E-state index contributed by atoms with van der Waals surface area (Å²) < 4.78 is 0. The average molecular weight is 194 g/mol. The van der Waals surface area contributed by atoms with Crippen LogP contribution in [0.15, 0.2) is 0 Å². The first-order valence-corrected chi connectivity index (χ1v) is 4.19. The van der Waals surface area contributed by atoms with Crippen molar-refractivity contribution in [1.82, 2.24) is 0 Å². The predicted molar refractivity (Wildman–Crippen MR) is 43.9 cm³/mol. The van der Waals surface area contributed by atoms with Crippen molar-refractivity contribution < 1.29 is 29.1 Å². The van der Waals surface area contributed by atoms with Gasteiger partial charge < -0.3 is 0 Å². The van der Waals surface area contributed by atoms with Gasteiger partial charge in [-0.15, -0.1) is 0 Å². The Hall–Kier alpha value is -0.175. The van der Waals surface area contributed by atoms with Crippen LogP contribution < -0.4 is 0 Å². The van der Waals surface area contributed by atoms with E-state index in [9.17, 15) is 0 Å². The van der Waals surface area contributed by atoms with Crippen molar-refractivity contribution >= 4 is 7.32 Å². The Morgan fingerprint density at radius 1 is 0.692 bits per heavy atom. The molecule has 0 saturated carbocycles. The zero-order valence-electron chi connectivity index (χ0n) is 8.15. The molecule has 0 aliphatic rings. The highest BCUT2D eigenvalue weighted by molar-refractivity contribution is 6.35. The van der Waals surface area contributed by atoms with Crippen LogP contribution in [0.3, 0.4) is 0 Å². The van der Waals surface area contributed by atoms with Gasteiger partial charge in [0.2, 0.25) is 0 Å². The summed E-state index contributed by atoms with van der Waals surface area (Å²) in [6.07, 6.45) is 0. The van der Waals surface area contributed by atoms with Crippen molar-refractivity contribution in [1.29, 1.82) is 0 Å². The summed E-state index contributed by atoms with van der Waals surface area (Å²) in [5.74, 6) is 0. The Morgan fingerprint density at radius 3 is 1.23 bits per heavy atom. The minimum atomic E-state index is -1.13. The summed E-state index contributed by atoms with van der Waals surface area (Å²) in [5, 5.41) is 0. The summed E-state index contributed by atoms with van der Waals surface area (Å²) in [6.45, 7) is 6.42. The molecule has 0 aromatic heterocycles. The van der Waals surface area contributed by atoms with Crippen LogP contribution in [0.25, 0.3) is 0 Å². The lowest BCUT2D eigenvalue weighted by atomic mass is 10.3. The zero-order chi connectivity index (χ0) is 9.94. The lowest BCUT2D eigenvalue weighted by Crippen LogP contribution is -2.27. The molecule has 0 saturated heterocycles. The fraction of sp³-hybridized carbons (Fsp3) is 1.00. The number of rotatable bonds is 9. The molecule has 0 spiro atoms. The predicted octanol–water partition coefficient (Wildman–Crippen LogP) is 0.876. The molecule has 7 heteroatoms. The van der Waals surface area contributed by atoms with E-state index in [-0.39, 0.29) is 0 Å². The molecule has 0 rings (SSSR count). The third kappa shape index (κ3) is 8.16. The number of hydrogen-bond acceptors (Lipinski definition) is 6. The van der Waals surface area contributed by atoms with Gasteiger partial charge in [0.05, 0.1) is 19.8 Å². The molecule has 0 unspecified atom stereocenters. The van der Waals surface area contributed by atoms with Gasteiger partial charge in [-0.25, -0.2) is 29.1 Å². The van der Waals surface area contributed by atoms with Gasteiger partial charge in [0.1, 0.15) is 0 Å². The zero-order valence-corrected chi connectivity index (χ0v) is 8.15. The monoisotopic (exact) mass is 194 g/mol. The summed E-state index contributed by atoms with van der Waals surface area (Å²) in [7, 11) is -1.13. The first-order chi connectivity index (χ1) is 6.35. The van der Waals surface area contributed by atoms with Crippen LogP contribution >= 0.6 is 0 Å². The van der Waals surface area contributed by atoms with Gasteiger partial charge in [0, 0.05) is 0 Å². The first kappa shape index (κ1) is 12.8. The van der Waals surface area contributed by atoms with E-state index in [1.165, 1.54) is 0 Å². The first-order valence-electron chi connectivity index (χ1n) is 4.19. The number of hydrogen-bond donors (Lipinski definition) is 0. The standard InChI is InChI=1S/C6H15BO6/c1-4-8-11-7(12-9-5-2)13-10-6-3/h4-6H2,1-3H3. The van der Waals surface area contributed by atoms with Crippen molar-refractivity contribution in [3.05, 3.63) is 0 Å². The van der Waals surface area contributed by atoms with E-state index in [4.69, 9.17) is 0 Å². The average Bonchev–Trinajstić information content (AvgIpc) is 2.17. The Balaban J connectivity index is 3.47. The highest BCUT2D eigenvalue weighted by Gasteiger charge is 2.26. The molecule has 0 heterocycles. The van der Waals surface area contributed by atoms with Crippen molar-refractivity contribution in [2.45, 2.75) is 20.8 Å². The van der Waals surface area contributed by atoms with Crippen LogP contribution in [0.4, 0.5) is 0 Å². The van der Waals surface area contributed by atoms with Gasteiger partial charge in [-0.05, 0) is 20.8 Å². The van der Waals surface area contributed by atoms with Crippen molar-refractivity contribution in [3.8, 4) is 0 Å². The lowest BCUT2D eigenvalue weighted by Gasteiger charge is -2.09. The van der Waals surface area contributed by atoms with E-state index in [0.29, 0.717) is 19.8 Å². The van der Waals surface area contributed by atoms with Gasteiger partial charge in [0.25, 0.3) is 0 Å². The molecule has 6 nitrogen and oxygen atoms in total. The van der Waals surface area contributed by atoms with Crippen LogP contribution in [0, 0.1) is 0 Å². The molecular formula is C6H15BO6. The largest absolute Gasteiger partial charge is 0.725 e. The normalized spacial score (nSPS) is 10.4. The maximum absolute atomic E-state index is 4.60. The van der Waals surface area contributed by atoms with E-state index in [0.717, 1.165) is 0 Å². The molecule has 13 heavy (non-hydrogen) atoms. The second-order valence-corrected chi connectivity index (χ2v) is 1.80. The quantitative estimate of drug-likeness (QED) is 0.308. The Labute approximate surface area is 78.0 Å². The van der Waals surface area contributed by atoms with Gasteiger partial charge >= 0.3 is 7.32 Å². The molecule has 78 valence electrons. The summed E-state index contributed by atoms with van der Waals surface area (Å²) in [6, 6.07) is 0. The smallest absolute Gasteiger partial charge is 0.248 e. The summed E-state index contributed by atoms with van der Waals surface area (Å²) in [5.41, 5.74) is 0. The van der Waals surface area contributed by atoms with Crippen LogP contribution in [0.2, 0.25) is 0 Å². The highest BCUT2D eigenvalue weighted by Crippen LogP contribution is 1.95. The third-order valence-corrected chi connectivity index (χ3v) is 0.793. The van der Waals surface area contributed by atoms with Crippen molar-refractivity contribution in [2.24, 2.45) is 0 Å². The van der Waals surface area contributed by atoms with E-state index < -0.39 is 7.32 Å². The van der Waals surface area contributed by atoms with E-state index in [2.05, 4.69) is 29.1 Å². The maximum Gasteiger partial charge on any atom is 0.725 e. The molecule has 0 aromatic carbocycles. The van der Waals surface area contributed by atoms with E-state index in [1.807, 2.05) is 0 Å². The van der Waals surface area contributed by atoms with Crippen LogP contribution in [0.1, 0.15) is 20.8 Å². The molecule has 0 N–H and O–H groups in total. The van der Waals surface area contributed by atoms with Crippen LogP contribution in [-0.2, 0) is 29.1 Å². The van der Waals surface area contributed by atoms with Gasteiger partial charge in [-0.3, -0.25) is 0 Å². The maximum atomic E-state index is 4.60. The van der Waals surface area contributed by atoms with Gasteiger partial charge in [0.15, 0.2) is 0 Å². The van der Waals surface area contributed by atoms with Gasteiger partial charge in [-0.2, -0.15) is 0 Å². The molecule has 0 aromatic rings. The minimum absolute atomic E-state index is 0.376. The lowest BCUT2D eigenvalue weighted by molar-refractivity contribution is -0.344. The molecule has 0 radical (unpaired) electrons.